The Hall–Kier alpha value is -1.21. The topological polar surface area (TPSA) is 48.7 Å². The highest BCUT2D eigenvalue weighted by Crippen LogP contribution is 2.38. The molecule has 96 valence electrons. The molecule has 0 saturated heterocycles. The summed E-state index contributed by atoms with van der Waals surface area (Å²) in [5.41, 5.74) is 1.48. The molecule has 1 saturated carbocycles. The predicted molar refractivity (Wildman–Crippen MR) is 76.8 cm³/mol. The number of rotatable bonds is 4. The van der Waals surface area contributed by atoms with E-state index in [1.54, 1.807) is 12.3 Å². The summed E-state index contributed by atoms with van der Waals surface area (Å²) in [5, 5.41) is 12.2. The first-order valence-corrected chi connectivity index (χ1v) is 7.66. The minimum absolute atomic E-state index is 0.381. The molecule has 3 nitrogen and oxygen atoms in total. The number of pyridine rings is 1. The van der Waals surface area contributed by atoms with Crippen LogP contribution in [0.5, 0.6) is 0 Å². The first-order valence-electron chi connectivity index (χ1n) is 6.43. The molecular weight excluding hydrogens is 242 g/mol. The van der Waals surface area contributed by atoms with Crippen molar-refractivity contribution in [2.24, 2.45) is 0 Å². The molecule has 0 unspecified atom stereocenters. The summed E-state index contributed by atoms with van der Waals surface area (Å²) in [6.07, 6.45) is 10.6. The Morgan fingerprint density at radius 2 is 2.17 bits per heavy atom. The average molecular weight is 261 g/mol. The lowest BCUT2D eigenvalue weighted by Crippen LogP contribution is -2.35. The van der Waals surface area contributed by atoms with E-state index in [2.05, 4.69) is 16.6 Å². The Bertz CT molecular complexity index is 416. The summed E-state index contributed by atoms with van der Waals surface area (Å²) in [6, 6.07) is 5.73. The quantitative estimate of drug-likeness (QED) is 0.902. The first-order chi connectivity index (χ1) is 8.78. The van der Waals surface area contributed by atoms with Crippen LogP contribution >= 0.6 is 11.8 Å². The summed E-state index contributed by atoms with van der Waals surface area (Å²) in [7, 11) is 0. The maximum atomic E-state index is 8.71. The molecule has 1 heterocycles. The van der Waals surface area contributed by atoms with Gasteiger partial charge in [-0.15, -0.1) is 0 Å². The van der Waals surface area contributed by atoms with Gasteiger partial charge in [0.05, 0.1) is 11.9 Å². The van der Waals surface area contributed by atoms with Gasteiger partial charge in [-0.25, -0.2) is 4.98 Å². The van der Waals surface area contributed by atoms with Gasteiger partial charge in [-0.2, -0.15) is 17.0 Å². The molecule has 0 atom stereocenters. The van der Waals surface area contributed by atoms with Crippen molar-refractivity contribution in [3.8, 4) is 6.07 Å². The fourth-order valence-corrected chi connectivity index (χ4v) is 3.39. The highest BCUT2D eigenvalue weighted by molar-refractivity contribution is 8.00. The third kappa shape index (κ3) is 3.17. The van der Waals surface area contributed by atoms with E-state index in [0.717, 1.165) is 12.2 Å². The van der Waals surface area contributed by atoms with Crippen LogP contribution in [0.1, 0.15) is 37.8 Å². The maximum absolute atomic E-state index is 8.71. The fraction of sp³-hybridized carbons (Fsp3) is 0.571. The van der Waals surface area contributed by atoms with Crippen molar-refractivity contribution >= 4 is 17.4 Å². The Kier molecular flexibility index (Phi) is 4.48. The zero-order valence-electron chi connectivity index (χ0n) is 10.8. The number of nitriles is 1. The van der Waals surface area contributed by atoms with Gasteiger partial charge < -0.3 is 5.32 Å². The lowest BCUT2D eigenvalue weighted by atomic mass is 9.88. The zero-order valence-corrected chi connectivity index (χ0v) is 11.6. The third-order valence-electron chi connectivity index (χ3n) is 3.69. The van der Waals surface area contributed by atoms with Gasteiger partial charge in [0.2, 0.25) is 0 Å². The van der Waals surface area contributed by atoms with Crippen LogP contribution in [0.25, 0.3) is 0 Å². The fourth-order valence-electron chi connectivity index (χ4n) is 2.48. The summed E-state index contributed by atoms with van der Waals surface area (Å²) < 4.78 is 0.381. The second-order valence-corrected chi connectivity index (χ2v) is 6.12. The van der Waals surface area contributed by atoms with Gasteiger partial charge in [-0.3, -0.25) is 0 Å². The van der Waals surface area contributed by atoms with E-state index in [4.69, 9.17) is 5.26 Å². The number of hydrogen-bond donors (Lipinski definition) is 1. The smallest absolute Gasteiger partial charge is 0.140 e. The van der Waals surface area contributed by atoms with E-state index in [-0.39, 0.29) is 0 Å². The van der Waals surface area contributed by atoms with Gasteiger partial charge in [-0.05, 0) is 31.2 Å². The highest BCUT2D eigenvalue weighted by atomic mass is 32.2. The Morgan fingerprint density at radius 1 is 1.39 bits per heavy atom. The molecule has 0 amide bonds. The molecule has 0 spiro atoms. The van der Waals surface area contributed by atoms with Crippen molar-refractivity contribution in [3.05, 3.63) is 24.0 Å². The van der Waals surface area contributed by atoms with Crippen LogP contribution in [-0.4, -0.2) is 22.5 Å². The second-order valence-electron chi connectivity index (χ2n) is 4.85. The van der Waals surface area contributed by atoms with Gasteiger partial charge >= 0.3 is 0 Å². The summed E-state index contributed by atoms with van der Waals surface area (Å²) in [4.78, 5) is 4.08. The van der Waals surface area contributed by atoms with Crippen LogP contribution in [0.15, 0.2) is 18.3 Å². The summed E-state index contributed by atoms with van der Waals surface area (Å²) in [6.45, 7) is 0.988. The Morgan fingerprint density at radius 3 is 2.72 bits per heavy atom. The van der Waals surface area contributed by atoms with Crippen molar-refractivity contribution in [2.45, 2.75) is 36.9 Å². The third-order valence-corrected chi connectivity index (χ3v) is 5.11. The number of anilines is 1. The molecule has 1 fully saturated rings. The van der Waals surface area contributed by atoms with Crippen molar-refractivity contribution in [2.75, 3.05) is 18.1 Å². The van der Waals surface area contributed by atoms with E-state index < -0.39 is 0 Å². The summed E-state index contributed by atoms with van der Waals surface area (Å²) >= 11 is 1.98. The maximum Gasteiger partial charge on any atom is 0.140 e. The first kappa shape index (κ1) is 13.2. The van der Waals surface area contributed by atoms with Gasteiger partial charge in [0.15, 0.2) is 0 Å². The SMILES string of the molecule is CSC1(CNc2ccc(C#N)nc2)CCCCC1. The van der Waals surface area contributed by atoms with Crippen LogP contribution in [-0.2, 0) is 0 Å². The van der Waals surface area contributed by atoms with Crippen molar-refractivity contribution < 1.29 is 0 Å². The van der Waals surface area contributed by atoms with Crippen molar-refractivity contribution in [1.29, 1.82) is 5.26 Å². The minimum atomic E-state index is 0.381. The molecule has 2 rings (SSSR count). The molecular formula is C14H19N3S. The van der Waals surface area contributed by atoms with Crippen LogP contribution in [0.4, 0.5) is 5.69 Å². The number of thioether (sulfide) groups is 1. The molecule has 4 heteroatoms. The normalized spacial score (nSPS) is 18.0. The monoisotopic (exact) mass is 261 g/mol. The molecule has 1 aliphatic rings. The zero-order chi connectivity index (χ0) is 12.8. The molecule has 18 heavy (non-hydrogen) atoms. The van der Waals surface area contributed by atoms with Crippen LogP contribution in [0.3, 0.4) is 0 Å². The molecule has 0 aromatic carbocycles. The lowest BCUT2D eigenvalue weighted by Gasteiger charge is -2.36. The van der Waals surface area contributed by atoms with Crippen molar-refractivity contribution in [1.82, 2.24) is 4.98 Å². The van der Waals surface area contributed by atoms with Crippen LogP contribution in [0, 0.1) is 11.3 Å². The largest absolute Gasteiger partial charge is 0.382 e. The van der Waals surface area contributed by atoms with Crippen LogP contribution < -0.4 is 5.32 Å². The van der Waals surface area contributed by atoms with Crippen molar-refractivity contribution in [3.63, 3.8) is 0 Å². The minimum Gasteiger partial charge on any atom is -0.382 e. The Labute approximate surface area is 113 Å². The molecule has 1 aromatic rings. The van der Waals surface area contributed by atoms with Gasteiger partial charge in [0.1, 0.15) is 11.8 Å². The van der Waals surface area contributed by atoms with E-state index in [1.807, 2.05) is 23.9 Å². The van der Waals surface area contributed by atoms with E-state index in [9.17, 15) is 0 Å². The molecule has 0 radical (unpaired) electrons. The Balaban J connectivity index is 1.94. The van der Waals surface area contributed by atoms with Gasteiger partial charge in [0, 0.05) is 11.3 Å². The van der Waals surface area contributed by atoms with Gasteiger partial charge in [-0.1, -0.05) is 19.3 Å². The number of nitrogens with zero attached hydrogens (tertiary/aromatic N) is 2. The second kappa shape index (κ2) is 6.10. The molecule has 1 aromatic heterocycles. The van der Waals surface area contributed by atoms with E-state index >= 15 is 0 Å². The highest BCUT2D eigenvalue weighted by Gasteiger charge is 2.30. The molecule has 0 aliphatic heterocycles. The molecule has 0 bridgehead atoms. The number of aromatic nitrogens is 1. The lowest BCUT2D eigenvalue weighted by molar-refractivity contribution is 0.411. The molecule has 1 aliphatic carbocycles. The number of hydrogen-bond acceptors (Lipinski definition) is 4. The van der Waals surface area contributed by atoms with E-state index in [0.29, 0.717) is 10.4 Å². The van der Waals surface area contributed by atoms with E-state index in [1.165, 1.54) is 32.1 Å². The molecule has 1 N–H and O–H groups in total. The average Bonchev–Trinajstić information content (AvgIpc) is 2.47. The number of nitrogens with one attached hydrogen (secondary N) is 1. The standard InChI is InChI=1S/C14H19N3S/c1-18-14(7-3-2-4-8-14)11-17-13-6-5-12(9-15)16-10-13/h5-6,10,17H,2-4,7-8,11H2,1H3. The van der Waals surface area contributed by atoms with Crippen LogP contribution in [0.2, 0.25) is 0 Å². The predicted octanol–water partition coefficient (Wildman–Crippen LogP) is 3.43. The van der Waals surface area contributed by atoms with Gasteiger partial charge in [0.25, 0.3) is 0 Å². The summed E-state index contributed by atoms with van der Waals surface area (Å²) in [5.74, 6) is 0.